The molecule has 3 aromatic carbocycles. The van der Waals surface area contributed by atoms with Crippen molar-refractivity contribution in [3.8, 4) is 17.4 Å². The second kappa shape index (κ2) is 10.3. The average molecular weight is 443 g/mol. The average Bonchev–Trinajstić information content (AvgIpc) is 2.83. The number of anilines is 1. The minimum Gasteiger partial charge on any atom is -0.489 e. The number of hydrogen-bond acceptors (Lipinski definition) is 5. The van der Waals surface area contributed by atoms with Crippen molar-refractivity contribution in [3.05, 3.63) is 114 Å². The molecule has 33 heavy (non-hydrogen) atoms. The van der Waals surface area contributed by atoms with E-state index in [9.17, 15) is 9.18 Å². The monoisotopic (exact) mass is 443 g/mol. The van der Waals surface area contributed by atoms with Gasteiger partial charge in [0.1, 0.15) is 23.9 Å². The molecule has 7 heteroatoms. The molecule has 0 aliphatic carbocycles. The molecule has 0 saturated carbocycles. The van der Waals surface area contributed by atoms with Crippen LogP contribution in [0.3, 0.4) is 0 Å². The van der Waals surface area contributed by atoms with Crippen molar-refractivity contribution in [1.29, 1.82) is 0 Å². The van der Waals surface area contributed by atoms with Crippen LogP contribution in [0.5, 0.6) is 17.4 Å². The van der Waals surface area contributed by atoms with Gasteiger partial charge in [-0.25, -0.2) is 9.37 Å². The van der Waals surface area contributed by atoms with E-state index in [4.69, 9.17) is 15.2 Å². The number of carbonyl (C=O) groups is 1. The molecule has 0 fully saturated rings. The predicted molar refractivity (Wildman–Crippen MR) is 124 cm³/mol. The van der Waals surface area contributed by atoms with Crippen molar-refractivity contribution in [3.63, 3.8) is 0 Å². The molecular formula is C26H22FN3O3. The third-order valence-corrected chi connectivity index (χ3v) is 4.74. The number of nitrogens with zero attached hydrogens (tertiary/aromatic N) is 1. The summed E-state index contributed by atoms with van der Waals surface area (Å²) in [5, 5.41) is 2.83. The largest absolute Gasteiger partial charge is 0.489 e. The highest BCUT2D eigenvalue weighted by Gasteiger charge is 2.08. The molecule has 1 amide bonds. The van der Waals surface area contributed by atoms with E-state index in [1.807, 2.05) is 18.2 Å². The molecule has 0 saturated heterocycles. The van der Waals surface area contributed by atoms with Crippen LogP contribution in [-0.4, -0.2) is 10.9 Å². The molecule has 3 N–H and O–H groups in total. The van der Waals surface area contributed by atoms with Crippen molar-refractivity contribution in [2.75, 3.05) is 5.73 Å². The molecule has 4 rings (SSSR count). The van der Waals surface area contributed by atoms with E-state index in [1.165, 1.54) is 18.3 Å². The summed E-state index contributed by atoms with van der Waals surface area (Å²) in [7, 11) is 0. The Labute approximate surface area is 190 Å². The number of benzene rings is 3. The smallest absolute Gasteiger partial charge is 0.253 e. The molecule has 0 bridgehead atoms. The van der Waals surface area contributed by atoms with Gasteiger partial charge >= 0.3 is 0 Å². The Morgan fingerprint density at radius 2 is 1.67 bits per heavy atom. The van der Waals surface area contributed by atoms with Gasteiger partial charge < -0.3 is 20.5 Å². The van der Waals surface area contributed by atoms with E-state index in [1.54, 1.807) is 54.6 Å². The van der Waals surface area contributed by atoms with Crippen LogP contribution in [0.1, 0.15) is 21.5 Å². The zero-order valence-electron chi connectivity index (χ0n) is 17.7. The topological polar surface area (TPSA) is 86.5 Å². The first kappa shape index (κ1) is 21.8. The van der Waals surface area contributed by atoms with E-state index in [0.717, 1.165) is 11.1 Å². The van der Waals surface area contributed by atoms with Gasteiger partial charge in [-0.05, 0) is 65.7 Å². The molecule has 0 radical (unpaired) electrons. The maximum Gasteiger partial charge on any atom is 0.253 e. The van der Waals surface area contributed by atoms with Crippen LogP contribution in [0.2, 0.25) is 0 Å². The molecule has 6 nitrogen and oxygen atoms in total. The number of pyridine rings is 1. The van der Waals surface area contributed by atoms with Crippen LogP contribution < -0.4 is 20.5 Å². The number of ether oxygens (including phenoxy) is 2. The van der Waals surface area contributed by atoms with Gasteiger partial charge in [0.2, 0.25) is 5.88 Å². The van der Waals surface area contributed by atoms with Crippen LogP contribution >= 0.6 is 0 Å². The number of nitrogens with one attached hydrogen (secondary N) is 1. The van der Waals surface area contributed by atoms with E-state index in [2.05, 4.69) is 10.3 Å². The summed E-state index contributed by atoms with van der Waals surface area (Å²) >= 11 is 0. The third-order valence-electron chi connectivity index (χ3n) is 4.74. The first-order valence-electron chi connectivity index (χ1n) is 10.3. The number of rotatable bonds is 8. The highest BCUT2D eigenvalue weighted by atomic mass is 19.1. The van der Waals surface area contributed by atoms with Gasteiger partial charge in [-0.2, -0.15) is 0 Å². The molecule has 0 spiro atoms. The Morgan fingerprint density at radius 1 is 0.909 bits per heavy atom. The lowest BCUT2D eigenvalue weighted by Crippen LogP contribution is -2.22. The molecule has 166 valence electrons. The molecule has 0 unspecified atom stereocenters. The molecule has 0 atom stereocenters. The van der Waals surface area contributed by atoms with Crippen molar-refractivity contribution < 1.29 is 18.7 Å². The van der Waals surface area contributed by atoms with E-state index >= 15 is 0 Å². The second-order valence-corrected chi connectivity index (χ2v) is 7.30. The summed E-state index contributed by atoms with van der Waals surface area (Å²) in [6.45, 7) is 0.635. The molecule has 1 aromatic heterocycles. The Balaban J connectivity index is 1.28. The zero-order chi connectivity index (χ0) is 23.0. The Hall–Kier alpha value is -4.39. The normalized spacial score (nSPS) is 10.5. The predicted octanol–water partition coefficient (Wildman–Crippen LogP) is 5.10. The lowest BCUT2D eigenvalue weighted by atomic mass is 10.2. The number of halogens is 1. The lowest BCUT2D eigenvalue weighted by molar-refractivity contribution is 0.0950. The van der Waals surface area contributed by atoms with Crippen molar-refractivity contribution >= 4 is 11.6 Å². The van der Waals surface area contributed by atoms with Gasteiger partial charge in [0.15, 0.2) is 0 Å². The van der Waals surface area contributed by atoms with E-state index < -0.39 is 0 Å². The standard InChI is InChI=1S/C26H22FN3O3/c27-21-5-1-4-19(13-21)17-32-23-8-10-24(11-9-23)33-25-12-7-20(16-29-25)26(31)30-15-18-3-2-6-22(28)14-18/h1-14,16H,15,17,28H2,(H,30,31). The van der Waals surface area contributed by atoms with Crippen LogP contribution in [0.15, 0.2) is 91.1 Å². The van der Waals surface area contributed by atoms with Crippen molar-refractivity contribution in [2.45, 2.75) is 13.2 Å². The number of amides is 1. The fourth-order valence-corrected chi connectivity index (χ4v) is 3.08. The fraction of sp³-hybridized carbons (Fsp3) is 0.0769. The van der Waals surface area contributed by atoms with Gasteiger partial charge in [-0.15, -0.1) is 0 Å². The first-order valence-corrected chi connectivity index (χ1v) is 10.3. The molecule has 1 heterocycles. The quantitative estimate of drug-likeness (QED) is 0.370. The summed E-state index contributed by atoms with van der Waals surface area (Å²) in [4.78, 5) is 16.5. The number of nitrogens with two attached hydrogens (primary N) is 1. The van der Waals surface area contributed by atoms with Crippen LogP contribution in [0.4, 0.5) is 10.1 Å². The van der Waals surface area contributed by atoms with Gasteiger partial charge in [0, 0.05) is 24.5 Å². The van der Waals surface area contributed by atoms with Gasteiger partial charge in [-0.3, -0.25) is 4.79 Å². The third kappa shape index (κ3) is 6.30. The highest BCUT2D eigenvalue weighted by Crippen LogP contribution is 2.23. The Kier molecular flexibility index (Phi) is 6.80. The molecule has 4 aromatic rings. The minimum atomic E-state index is -0.294. The van der Waals surface area contributed by atoms with Crippen molar-refractivity contribution in [2.24, 2.45) is 0 Å². The molecule has 0 aliphatic heterocycles. The summed E-state index contributed by atoms with van der Waals surface area (Å²) in [5.74, 6) is 1.02. The van der Waals surface area contributed by atoms with E-state index in [0.29, 0.717) is 35.2 Å². The first-order chi connectivity index (χ1) is 16.0. The number of carbonyl (C=O) groups excluding carboxylic acids is 1. The molecule has 0 aliphatic rings. The van der Waals surface area contributed by atoms with Crippen LogP contribution in [0.25, 0.3) is 0 Å². The van der Waals surface area contributed by atoms with Gasteiger partial charge in [0.25, 0.3) is 5.91 Å². The summed E-state index contributed by atoms with van der Waals surface area (Å²) in [6, 6.07) is 23.9. The Bertz CT molecular complexity index is 1230. The Morgan fingerprint density at radius 3 is 2.39 bits per heavy atom. The number of aromatic nitrogens is 1. The van der Waals surface area contributed by atoms with Gasteiger partial charge in [-0.1, -0.05) is 24.3 Å². The van der Waals surface area contributed by atoms with Crippen molar-refractivity contribution in [1.82, 2.24) is 10.3 Å². The van der Waals surface area contributed by atoms with E-state index in [-0.39, 0.29) is 18.3 Å². The highest BCUT2D eigenvalue weighted by molar-refractivity contribution is 5.93. The minimum absolute atomic E-state index is 0.240. The maximum atomic E-state index is 13.2. The summed E-state index contributed by atoms with van der Waals surface area (Å²) in [6.07, 6.45) is 1.46. The fourth-order valence-electron chi connectivity index (χ4n) is 3.08. The van der Waals surface area contributed by atoms with Crippen LogP contribution in [-0.2, 0) is 13.2 Å². The van der Waals surface area contributed by atoms with Gasteiger partial charge in [0.05, 0.1) is 5.56 Å². The number of hydrogen-bond donors (Lipinski definition) is 2. The maximum absolute atomic E-state index is 13.2. The number of nitrogen functional groups attached to an aromatic ring is 1. The molecular weight excluding hydrogens is 421 g/mol. The zero-order valence-corrected chi connectivity index (χ0v) is 17.7. The van der Waals surface area contributed by atoms with Crippen LogP contribution in [0, 0.1) is 5.82 Å². The summed E-state index contributed by atoms with van der Waals surface area (Å²) < 4.78 is 24.6. The summed E-state index contributed by atoms with van der Waals surface area (Å²) in [5.41, 5.74) is 8.49. The second-order valence-electron chi connectivity index (χ2n) is 7.30. The SMILES string of the molecule is Nc1cccc(CNC(=O)c2ccc(Oc3ccc(OCc4cccc(F)c4)cc3)nc2)c1. The lowest BCUT2D eigenvalue weighted by Gasteiger charge is -2.09.